The first-order chi connectivity index (χ1) is 9.43. The number of aromatic amines is 1. The Morgan fingerprint density at radius 2 is 2.25 bits per heavy atom. The topological polar surface area (TPSA) is 130 Å². The smallest absolute Gasteiger partial charge is 0.270 e. The predicted octanol–water partition coefficient (Wildman–Crippen LogP) is -0.147. The number of aliphatic hydroxyl groups excluding tert-OH is 2. The number of alkyl halides is 1. The Balaban J connectivity index is 2.05. The number of nitrogens with zero attached hydrogens (tertiary/aromatic N) is 3. The van der Waals surface area contributed by atoms with E-state index in [1.54, 1.807) is 0 Å². The Morgan fingerprint density at radius 1 is 1.50 bits per heavy atom. The maximum absolute atomic E-state index is 14.7. The lowest BCUT2D eigenvalue weighted by Gasteiger charge is -2.16. The van der Waals surface area contributed by atoms with Crippen LogP contribution in [0.4, 0.5) is 10.2 Å². The van der Waals surface area contributed by atoms with E-state index in [1.165, 1.54) is 0 Å². The predicted molar refractivity (Wildman–Crippen MR) is 66.5 cm³/mol. The van der Waals surface area contributed by atoms with Crippen LogP contribution < -0.4 is 5.73 Å². The third-order valence-electron chi connectivity index (χ3n) is 3.12. The molecule has 0 amide bonds. The average Bonchev–Trinajstić information content (AvgIpc) is 2.91. The molecule has 0 aliphatic carbocycles. The van der Waals surface area contributed by atoms with Gasteiger partial charge in [0.1, 0.15) is 11.6 Å². The number of aliphatic hydroxyl groups is 2. The molecule has 5 N–H and O–H groups in total. The van der Waals surface area contributed by atoms with Crippen molar-refractivity contribution < 1.29 is 19.3 Å². The Hall–Kier alpha value is -1.55. The summed E-state index contributed by atoms with van der Waals surface area (Å²) < 4.78 is 19.7. The molecule has 0 bridgehead atoms. The second kappa shape index (κ2) is 4.48. The van der Waals surface area contributed by atoms with Crippen molar-refractivity contribution in [1.82, 2.24) is 19.9 Å². The number of fused-ring (bicyclic) bond motifs is 1. The monoisotopic (exact) mass is 303 g/mol. The zero-order valence-corrected chi connectivity index (χ0v) is 10.8. The molecule has 0 spiro atoms. The molecule has 10 heteroatoms. The number of nitrogen functional groups attached to an aromatic ring is 1. The Labute approximate surface area is 116 Å². The van der Waals surface area contributed by atoms with Crippen molar-refractivity contribution in [1.29, 1.82) is 0 Å². The van der Waals surface area contributed by atoms with Crippen LogP contribution in [0.5, 0.6) is 0 Å². The van der Waals surface area contributed by atoms with Crippen LogP contribution in [0.3, 0.4) is 0 Å². The van der Waals surface area contributed by atoms with Gasteiger partial charge in [-0.1, -0.05) is 0 Å². The van der Waals surface area contributed by atoms with Crippen LogP contribution in [-0.4, -0.2) is 49.0 Å². The minimum atomic E-state index is -2.35. The molecule has 1 fully saturated rings. The van der Waals surface area contributed by atoms with Gasteiger partial charge >= 0.3 is 0 Å². The molecular weight excluding hydrogens is 293 g/mol. The maximum Gasteiger partial charge on any atom is 0.270 e. The van der Waals surface area contributed by atoms with Crippen molar-refractivity contribution in [2.24, 2.45) is 0 Å². The number of ether oxygens (including phenoxy) is 1. The number of imidazole rings is 1. The highest BCUT2D eigenvalue weighted by atomic mass is 35.5. The van der Waals surface area contributed by atoms with Crippen molar-refractivity contribution in [2.75, 3.05) is 12.3 Å². The van der Waals surface area contributed by atoms with E-state index in [-0.39, 0.29) is 34.5 Å². The molecule has 8 nitrogen and oxygen atoms in total. The molecular formula is C10H11ClFN5O3. The van der Waals surface area contributed by atoms with Gasteiger partial charge in [-0.3, -0.25) is 0 Å². The number of nitrogens with one attached hydrogen (secondary N) is 1. The van der Waals surface area contributed by atoms with E-state index in [4.69, 9.17) is 27.2 Å². The zero-order chi connectivity index (χ0) is 14.5. The summed E-state index contributed by atoms with van der Waals surface area (Å²) in [5.74, 6) is -2.53. The number of H-pyrrole nitrogens is 1. The fourth-order valence-corrected chi connectivity index (χ4v) is 2.32. The van der Waals surface area contributed by atoms with Crippen LogP contribution >= 0.6 is 11.6 Å². The molecule has 3 atom stereocenters. The van der Waals surface area contributed by atoms with E-state index < -0.39 is 24.7 Å². The largest absolute Gasteiger partial charge is 0.394 e. The van der Waals surface area contributed by atoms with Crippen molar-refractivity contribution in [3.8, 4) is 0 Å². The fourth-order valence-electron chi connectivity index (χ4n) is 2.15. The van der Waals surface area contributed by atoms with Gasteiger partial charge in [-0.25, -0.2) is 9.37 Å². The lowest BCUT2D eigenvalue weighted by molar-refractivity contribution is -0.157. The molecule has 0 radical (unpaired) electrons. The van der Waals surface area contributed by atoms with Gasteiger partial charge in [-0.2, -0.15) is 9.97 Å². The number of halogens is 2. The summed E-state index contributed by atoms with van der Waals surface area (Å²) in [7, 11) is 0. The first-order valence-electron chi connectivity index (χ1n) is 5.78. The van der Waals surface area contributed by atoms with Crippen LogP contribution in [0.15, 0.2) is 0 Å². The van der Waals surface area contributed by atoms with Gasteiger partial charge in [-0.15, -0.1) is 0 Å². The molecule has 0 aromatic carbocycles. The van der Waals surface area contributed by atoms with Gasteiger partial charge in [-0.05, 0) is 11.6 Å². The third kappa shape index (κ3) is 1.99. The highest BCUT2D eigenvalue weighted by molar-refractivity contribution is 6.28. The number of nitrogens with two attached hydrogens (primary N) is 1. The number of aromatic nitrogens is 4. The highest BCUT2D eigenvalue weighted by Crippen LogP contribution is 2.40. The van der Waals surface area contributed by atoms with E-state index in [0.717, 1.165) is 0 Å². The molecule has 1 aliphatic heterocycles. The first-order valence-corrected chi connectivity index (χ1v) is 6.15. The van der Waals surface area contributed by atoms with E-state index >= 15 is 0 Å². The van der Waals surface area contributed by atoms with Crippen LogP contribution in [0.2, 0.25) is 5.28 Å². The molecule has 108 valence electrons. The summed E-state index contributed by atoms with van der Waals surface area (Å²) in [4.78, 5) is 14.1. The van der Waals surface area contributed by atoms with E-state index in [9.17, 15) is 9.50 Å². The Kier molecular flexibility index (Phi) is 3.01. The second-order valence-electron chi connectivity index (χ2n) is 4.50. The molecule has 2 aromatic heterocycles. The molecule has 0 unspecified atom stereocenters. The Bertz CT molecular complexity index is 668. The fraction of sp³-hybridized carbons (Fsp3) is 0.500. The van der Waals surface area contributed by atoms with Gasteiger partial charge < -0.3 is 25.7 Å². The van der Waals surface area contributed by atoms with E-state index in [1.807, 2.05) is 0 Å². The van der Waals surface area contributed by atoms with Crippen LogP contribution in [0.1, 0.15) is 12.2 Å². The highest BCUT2D eigenvalue weighted by Gasteiger charge is 2.50. The molecule has 3 heterocycles. The van der Waals surface area contributed by atoms with Crippen LogP contribution in [0.25, 0.3) is 11.2 Å². The summed E-state index contributed by atoms with van der Waals surface area (Å²) >= 11 is 5.64. The van der Waals surface area contributed by atoms with Gasteiger partial charge in [0.2, 0.25) is 5.28 Å². The number of hydrogen-bond donors (Lipinski definition) is 4. The van der Waals surface area contributed by atoms with Crippen molar-refractivity contribution in [2.45, 2.75) is 24.5 Å². The quantitative estimate of drug-likeness (QED) is 0.568. The van der Waals surface area contributed by atoms with E-state index in [2.05, 4.69) is 19.9 Å². The van der Waals surface area contributed by atoms with Crippen LogP contribution in [-0.2, 0) is 10.6 Å². The molecule has 1 aliphatic rings. The SMILES string of the molecule is Nc1nc(Cl)nc2nc([C@]3(F)C[C@H](O)[C@@H](CO)O3)[nH]c12. The number of hydrogen-bond acceptors (Lipinski definition) is 7. The molecule has 2 aromatic rings. The van der Waals surface area contributed by atoms with Gasteiger partial charge in [0.25, 0.3) is 5.85 Å². The summed E-state index contributed by atoms with van der Waals surface area (Å²) in [6.45, 7) is -0.499. The normalized spacial score (nSPS) is 30.2. The van der Waals surface area contributed by atoms with Gasteiger partial charge in [0.15, 0.2) is 17.3 Å². The second-order valence-corrected chi connectivity index (χ2v) is 4.84. The molecule has 20 heavy (non-hydrogen) atoms. The van der Waals surface area contributed by atoms with Crippen molar-refractivity contribution >= 4 is 28.6 Å². The van der Waals surface area contributed by atoms with Crippen molar-refractivity contribution in [3.63, 3.8) is 0 Å². The average molecular weight is 304 g/mol. The van der Waals surface area contributed by atoms with Gasteiger partial charge in [0, 0.05) is 6.42 Å². The lowest BCUT2D eigenvalue weighted by atomic mass is 10.1. The van der Waals surface area contributed by atoms with Gasteiger partial charge in [0.05, 0.1) is 12.7 Å². The number of rotatable bonds is 2. The van der Waals surface area contributed by atoms with Crippen molar-refractivity contribution in [3.05, 3.63) is 11.1 Å². The number of anilines is 1. The first kappa shape index (κ1) is 13.4. The van der Waals surface area contributed by atoms with Crippen LogP contribution in [0, 0.1) is 0 Å². The summed E-state index contributed by atoms with van der Waals surface area (Å²) in [5, 5.41) is 18.5. The molecule has 3 rings (SSSR count). The molecule has 1 saturated heterocycles. The van der Waals surface area contributed by atoms with E-state index in [0.29, 0.717) is 0 Å². The third-order valence-corrected chi connectivity index (χ3v) is 3.29. The standard InChI is InChI=1S/C10H11ClFN5O3/c11-9-15-6(13)5-7(17-9)16-8(14-5)10(12)1-3(19)4(2-18)20-10/h3-4,18-19H,1-2H2,(H3,13,14,15,16,17)/t3-,4+,10-/m0/s1. The summed E-state index contributed by atoms with van der Waals surface area (Å²) in [5.41, 5.74) is 5.96. The lowest BCUT2D eigenvalue weighted by Crippen LogP contribution is -2.25. The zero-order valence-electron chi connectivity index (χ0n) is 10.0. The minimum Gasteiger partial charge on any atom is -0.394 e. The summed E-state index contributed by atoms with van der Waals surface area (Å²) in [6, 6.07) is 0. The Morgan fingerprint density at radius 3 is 2.90 bits per heavy atom. The maximum atomic E-state index is 14.7. The molecule has 0 saturated carbocycles. The summed E-state index contributed by atoms with van der Waals surface area (Å²) in [6.07, 6.45) is -2.51. The minimum absolute atomic E-state index is 0.0274.